The molecule has 0 radical (unpaired) electrons. The van der Waals surface area contributed by atoms with Crippen LogP contribution in [0.3, 0.4) is 0 Å². The number of hydrogen-bond donors (Lipinski definition) is 0. The molecule has 0 N–H and O–H groups in total. The smallest absolute Gasteiger partial charge is 0.0704 e. The van der Waals surface area contributed by atoms with Crippen molar-refractivity contribution in [2.24, 2.45) is 11.8 Å². The van der Waals surface area contributed by atoms with Gasteiger partial charge in [0, 0.05) is 11.8 Å². The second kappa shape index (κ2) is 8.84. The molecule has 2 aliphatic rings. The van der Waals surface area contributed by atoms with E-state index in [1.807, 2.05) is 6.20 Å². The zero-order valence-corrected chi connectivity index (χ0v) is 16.1. The minimum atomic E-state index is 0.964. The monoisotopic (exact) mass is 347 g/mol. The first-order valence-electron chi connectivity index (χ1n) is 10.9. The summed E-state index contributed by atoms with van der Waals surface area (Å²) in [7, 11) is 0. The SMILES string of the molecule is c1cc2cc(c1)-c1cc(ccn1)CCC1CCCC1CCCCCCC2. The van der Waals surface area contributed by atoms with Crippen molar-refractivity contribution in [1.82, 2.24) is 4.98 Å². The Balaban J connectivity index is 1.55. The summed E-state index contributed by atoms with van der Waals surface area (Å²) >= 11 is 0. The molecular formula is C25H33N. The Labute approximate surface area is 159 Å². The summed E-state index contributed by atoms with van der Waals surface area (Å²) < 4.78 is 0. The number of aromatic nitrogens is 1. The average Bonchev–Trinajstić information content (AvgIpc) is 3.13. The van der Waals surface area contributed by atoms with Crippen LogP contribution in [0.2, 0.25) is 0 Å². The van der Waals surface area contributed by atoms with Gasteiger partial charge < -0.3 is 0 Å². The van der Waals surface area contributed by atoms with Crippen LogP contribution in [-0.2, 0) is 12.8 Å². The van der Waals surface area contributed by atoms with E-state index in [2.05, 4.69) is 41.4 Å². The van der Waals surface area contributed by atoms with Crippen LogP contribution >= 0.6 is 0 Å². The molecule has 2 unspecified atom stereocenters. The van der Waals surface area contributed by atoms with Gasteiger partial charge in [0.25, 0.3) is 0 Å². The molecule has 2 aromatic rings. The lowest BCUT2D eigenvalue weighted by Crippen LogP contribution is -2.09. The maximum Gasteiger partial charge on any atom is 0.0704 e. The predicted octanol–water partition coefficient (Wildman–Crippen LogP) is 6.99. The fourth-order valence-corrected chi connectivity index (χ4v) is 5.17. The molecule has 26 heavy (non-hydrogen) atoms. The maximum absolute atomic E-state index is 4.67. The summed E-state index contributed by atoms with van der Waals surface area (Å²) in [5.74, 6) is 1.97. The van der Waals surface area contributed by atoms with Gasteiger partial charge in [0.05, 0.1) is 5.69 Å². The Morgan fingerprint density at radius 1 is 0.654 bits per heavy atom. The van der Waals surface area contributed by atoms with Crippen LogP contribution in [0, 0.1) is 11.8 Å². The van der Waals surface area contributed by atoms with Crippen molar-refractivity contribution in [3.05, 3.63) is 53.7 Å². The summed E-state index contributed by atoms with van der Waals surface area (Å²) in [6.45, 7) is 0. The first kappa shape index (κ1) is 17.8. The first-order chi connectivity index (χ1) is 12.9. The normalized spacial score (nSPS) is 24.6. The van der Waals surface area contributed by atoms with E-state index >= 15 is 0 Å². The molecule has 4 bridgehead atoms. The summed E-state index contributed by atoms with van der Waals surface area (Å²) in [4.78, 5) is 4.67. The van der Waals surface area contributed by atoms with Crippen molar-refractivity contribution in [3.8, 4) is 11.3 Å². The summed E-state index contributed by atoms with van der Waals surface area (Å²) in [6.07, 6.45) is 18.7. The van der Waals surface area contributed by atoms with Gasteiger partial charge in [-0.05, 0) is 66.8 Å². The van der Waals surface area contributed by atoms with Crippen molar-refractivity contribution in [2.45, 2.75) is 77.0 Å². The largest absolute Gasteiger partial charge is 0.256 e. The molecule has 1 nitrogen and oxygen atoms in total. The van der Waals surface area contributed by atoms with Gasteiger partial charge in [0.1, 0.15) is 0 Å². The zero-order valence-electron chi connectivity index (χ0n) is 16.1. The third-order valence-corrected chi connectivity index (χ3v) is 6.71. The molecule has 1 aromatic carbocycles. The number of hydrogen-bond acceptors (Lipinski definition) is 1. The maximum atomic E-state index is 4.67. The van der Waals surface area contributed by atoms with Crippen molar-refractivity contribution in [2.75, 3.05) is 0 Å². The minimum Gasteiger partial charge on any atom is -0.256 e. The van der Waals surface area contributed by atoms with Crippen LogP contribution in [0.15, 0.2) is 42.6 Å². The van der Waals surface area contributed by atoms with Crippen LogP contribution < -0.4 is 0 Å². The second-order valence-electron chi connectivity index (χ2n) is 8.55. The Morgan fingerprint density at radius 2 is 1.42 bits per heavy atom. The van der Waals surface area contributed by atoms with E-state index in [0.29, 0.717) is 0 Å². The highest BCUT2D eigenvalue weighted by Gasteiger charge is 2.26. The van der Waals surface area contributed by atoms with Gasteiger partial charge in [-0.2, -0.15) is 0 Å². The lowest BCUT2D eigenvalue weighted by molar-refractivity contribution is 0.332. The van der Waals surface area contributed by atoms with Gasteiger partial charge in [-0.15, -0.1) is 0 Å². The molecule has 0 spiro atoms. The Bertz CT molecular complexity index is 705. The molecule has 0 aliphatic heterocycles. The minimum absolute atomic E-state index is 0.964. The molecule has 0 amide bonds. The standard InChI is InChI=1S/C25H33N/c1-2-4-8-20-9-6-13-24(18-20)25-19-21(16-17-26-25)14-15-23-12-7-11-22(23)10-5-3-1/h6,9,13,16-19,22-23H,1-5,7-8,10-12,14-15H2. The fourth-order valence-electron chi connectivity index (χ4n) is 5.17. The van der Waals surface area contributed by atoms with E-state index in [1.54, 1.807) is 0 Å². The number of fused-ring (bicyclic) bond motifs is 6. The zero-order chi connectivity index (χ0) is 17.6. The Morgan fingerprint density at radius 3 is 2.38 bits per heavy atom. The molecule has 1 saturated carbocycles. The van der Waals surface area contributed by atoms with E-state index in [4.69, 9.17) is 0 Å². The van der Waals surface area contributed by atoms with E-state index < -0.39 is 0 Å². The van der Waals surface area contributed by atoms with Crippen molar-refractivity contribution < 1.29 is 0 Å². The van der Waals surface area contributed by atoms with Crippen molar-refractivity contribution >= 4 is 0 Å². The summed E-state index contributed by atoms with van der Waals surface area (Å²) in [6, 6.07) is 13.6. The van der Waals surface area contributed by atoms with Gasteiger partial charge in [-0.3, -0.25) is 4.98 Å². The molecule has 1 aromatic heterocycles. The highest BCUT2D eigenvalue weighted by Crippen LogP contribution is 2.38. The number of aryl methyl sites for hydroxylation is 2. The van der Waals surface area contributed by atoms with Crippen molar-refractivity contribution in [3.63, 3.8) is 0 Å². The highest BCUT2D eigenvalue weighted by atomic mass is 14.7. The second-order valence-corrected chi connectivity index (χ2v) is 8.55. The molecule has 1 fully saturated rings. The molecule has 138 valence electrons. The van der Waals surface area contributed by atoms with Gasteiger partial charge >= 0.3 is 0 Å². The molecule has 1 heterocycles. The van der Waals surface area contributed by atoms with Crippen molar-refractivity contribution in [1.29, 1.82) is 0 Å². The molecule has 2 atom stereocenters. The van der Waals surface area contributed by atoms with Crippen LogP contribution in [0.25, 0.3) is 11.3 Å². The van der Waals surface area contributed by atoms with E-state index in [-0.39, 0.29) is 0 Å². The van der Waals surface area contributed by atoms with Gasteiger partial charge in [-0.1, -0.05) is 69.6 Å². The molecule has 2 aliphatic carbocycles. The number of pyridine rings is 1. The third kappa shape index (κ3) is 4.55. The Kier molecular flexibility index (Phi) is 6.04. The van der Waals surface area contributed by atoms with E-state index in [1.165, 1.54) is 93.7 Å². The lowest BCUT2D eigenvalue weighted by Gasteiger charge is -2.19. The highest BCUT2D eigenvalue weighted by molar-refractivity contribution is 5.60. The number of rotatable bonds is 0. The topological polar surface area (TPSA) is 12.9 Å². The summed E-state index contributed by atoms with van der Waals surface area (Å²) in [5.41, 5.74) is 5.37. The lowest BCUT2D eigenvalue weighted by atomic mass is 9.86. The van der Waals surface area contributed by atoms with Gasteiger partial charge in [-0.25, -0.2) is 0 Å². The molecule has 4 rings (SSSR count). The molecular weight excluding hydrogens is 314 g/mol. The first-order valence-corrected chi connectivity index (χ1v) is 10.9. The molecule has 0 saturated heterocycles. The Hall–Kier alpha value is -1.63. The van der Waals surface area contributed by atoms with Crippen LogP contribution in [0.1, 0.15) is 75.3 Å². The van der Waals surface area contributed by atoms with Crippen LogP contribution in [0.4, 0.5) is 0 Å². The quantitative estimate of drug-likeness (QED) is 0.500. The number of nitrogens with zero attached hydrogens (tertiary/aromatic N) is 1. The van der Waals surface area contributed by atoms with E-state index in [9.17, 15) is 0 Å². The summed E-state index contributed by atoms with van der Waals surface area (Å²) in [5, 5.41) is 0. The number of benzene rings is 1. The third-order valence-electron chi connectivity index (χ3n) is 6.71. The molecule has 1 heteroatoms. The van der Waals surface area contributed by atoms with Gasteiger partial charge in [0.15, 0.2) is 0 Å². The van der Waals surface area contributed by atoms with Crippen LogP contribution in [-0.4, -0.2) is 4.98 Å². The van der Waals surface area contributed by atoms with Gasteiger partial charge in [0.2, 0.25) is 0 Å². The van der Waals surface area contributed by atoms with Crippen LogP contribution in [0.5, 0.6) is 0 Å². The predicted molar refractivity (Wildman–Crippen MR) is 110 cm³/mol. The van der Waals surface area contributed by atoms with E-state index in [0.717, 1.165) is 17.5 Å². The average molecular weight is 348 g/mol. The fraction of sp³-hybridized carbons (Fsp3) is 0.560.